The summed E-state index contributed by atoms with van der Waals surface area (Å²) in [6, 6.07) is 5.30. The number of hydrogen-bond acceptors (Lipinski definition) is 2. The molecule has 0 bridgehead atoms. The van der Waals surface area contributed by atoms with Gasteiger partial charge >= 0.3 is 0 Å². The monoisotopic (exact) mass is 279 g/mol. The van der Waals surface area contributed by atoms with Crippen molar-refractivity contribution in [3.8, 4) is 5.75 Å². The number of benzene rings is 1. The Hall–Kier alpha value is -1.09. The third-order valence-corrected chi connectivity index (χ3v) is 5.62. The van der Waals surface area contributed by atoms with E-state index in [0.29, 0.717) is 22.5 Å². The lowest BCUT2D eigenvalue weighted by Crippen LogP contribution is -2.23. The first kappa shape index (κ1) is 15.3. The molecule has 0 radical (unpaired) electrons. The quantitative estimate of drug-likeness (QED) is 0.873. The number of halogens is 1. The van der Waals surface area contributed by atoms with Gasteiger partial charge in [0.15, 0.2) is 11.6 Å². The van der Waals surface area contributed by atoms with Crippen molar-refractivity contribution in [1.82, 2.24) is 5.32 Å². The predicted octanol–water partition coefficient (Wildman–Crippen LogP) is 4.17. The Labute approximate surface area is 121 Å². The van der Waals surface area contributed by atoms with Crippen molar-refractivity contribution in [1.29, 1.82) is 0 Å². The molecule has 0 aliphatic heterocycles. The lowest BCUT2D eigenvalue weighted by Gasteiger charge is -2.16. The minimum absolute atomic E-state index is 0.141. The molecule has 112 valence electrons. The van der Waals surface area contributed by atoms with Crippen LogP contribution in [0.5, 0.6) is 5.75 Å². The van der Waals surface area contributed by atoms with Gasteiger partial charge < -0.3 is 10.1 Å². The van der Waals surface area contributed by atoms with Gasteiger partial charge in [0.2, 0.25) is 0 Å². The number of hydrogen-bond donors (Lipinski definition) is 1. The van der Waals surface area contributed by atoms with E-state index in [1.165, 1.54) is 7.11 Å². The first-order valence-electron chi connectivity index (χ1n) is 7.28. The first-order valence-corrected chi connectivity index (χ1v) is 7.28. The van der Waals surface area contributed by atoms with Crippen LogP contribution in [-0.2, 0) is 0 Å². The minimum atomic E-state index is -0.300. The highest BCUT2D eigenvalue weighted by Crippen LogP contribution is 2.68. The van der Waals surface area contributed by atoms with Gasteiger partial charge in [-0.25, -0.2) is 4.39 Å². The third kappa shape index (κ3) is 2.44. The molecular weight excluding hydrogens is 253 g/mol. The molecule has 0 spiro atoms. The Morgan fingerprint density at radius 3 is 2.30 bits per heavy atom. The van der Waals surface area contributed by atoms with E-state index in [4.69, 9.17) is 4.74 Å². The highest BCUT2D eigenvalue weighted by atomic mass is 19.1. The van der Waals surface area contributed by atoms with E-state index in [2.05, 4.69) is 39.9 Å². The molecule has 1 aromatic carbocycles. The van der Waals surface area contributed by atoms with Gasteiger partial charge in [0.25, 0.3) is 0 Å². The second-order valence-corrected chi connectivity index (χ2v) is 7.02. The average molecular weight is 279 g/mol. The highest BCUT2D eigenvalue weighted by molar-refractivity contribution is 5.30. The van der Waals surface area contributed by atoms with Gasteiger partial charge in [-0.05, 0) is 47.9 Å². The van der Waals surface area contributed by atoms with Gasteiger partial charge in [-0.15, -0.1) is 0 Å². The summed E-state index contributed by atoms with van der Waals surface area (Å²) in [5, 5.41) is 3.53. The Kier molecular flexibility index (Phi) is 3.85. The zero-order valence-corrected chi connectivity index (χ0v) is 13.4. The lowest BCUT2D eigenvalue weighted by molar-refractivity contribution is 0.385. The molecule has 0 aromatic heterocycles. The molecular formula is C17H26FNO. The summed E-state index contributed by atoms with van der Waals surface area (Å²) in [4.78, 5) is 0. The van der Waals surface area contributed by atoms with Crippen LogP contribution < -0.4 is 10.1 Å². The summed E-state index contributed by atoms with van der Waals surface area (Å²) in [7, 11) is 1.48. The molecule has 1 unspecified atom stereocenters. The van der Waals surface area contributed by atoms with Crippen LogP contribution in [-0.4, -0.2) is 13.7 Å². The van der Waals surface area contributed by atoms with Gasteiger partial charge in [0.1, 0.15) is 0 Å². The van der Waals surface area contributed by atoms with E-state index in [0.717, 1.165) is 12.1 Å². The van der Waals surface area contributed by atoms with Crippen LogP contribution in [0.25, 0.3) is 0 Å². The van der Waals surface area contributed by atoms with Gasteiger partial charge in [-0.1, -0.05) is 33.8 Å². The van der Waals surface area contributed by atoms with Crippen LogP contribution in [0.4, 0.5) is 4.39 Å². The summed E-state index contributed by atoms with van der Waals surface area (Å²) in [6.07, 6.45) is 0. The van der Waals surface area contributed by atoms with Crippen LogP contribution in [0.2, 0.25) is 0 Å². The van der Waals surface area contributed by atoms with Crippen LogP contribution in [0.15, 0.2) is 18.2 Å². The minimum Gasteiger partial charge on any atom is -0.494 e. The molecule has 0 amide bonds. The molecule has 0 saturated heterocycles. The van der Waals surface area contributed by atoms with Crippen molar-refractivity contribution in [3.63, 3.8) is 0 Å². The molecule has 20 heavy (non-hydrogen) atoms. The zero-order chi connectivity index (χ0) is 15.1. The molecule has 1 aromatic rings. The van der Waals surface area contributed by atoms with Gasteiger partial charge in [0, 0.05) is 6.04 Å². The Balaban J connectivity index is 1.96. The largest absolute Gasteiger partial charge is 0.494 e. The van der Waals surface area contributed by atoms with Crippen LogP contribution >= 0.6 is 0 Å². The summed E-state index contributed by atoms with van der Waals surface area (Å²) in [5.41, 5.74) is 1.72. The fourth-order valence-corrected chi connectivity index (χ4v) is 3.21. The maximum atomic E-state index is 13.7. The van der Waals surface area contributed by atoms with Gasteiger partial charge in [0.05, 0.1) is 7.11 Å². The average Bonchev–Trinajstić information content (AvgIpc) is 2.76. The van der Waals surface area contributed by atoms with E-state index >= 15 is 0 Å². The fraction of sp³-hybridized carbons (Fsp3) is 0.647. The van der Waals surface area contributed by atoms with E-state index in [9.17, 15) is 4.39 Å². The molecule has 0 heterocycles. The smallest absolute Gasteiger partial charge is 0.165 e. The molecule has 3 heteroatoms. The summed E-state index contributed by atoms with van der Waals surface area (Å²) < 4.78 is 18.7. The lowest BCUT2D eigenvalue weighted by atomic mass is 10.0. The van der Waals surface area contributed by atoms with E-state index in [1.807, 2.05) is 6.07 Å². The standard InChI is InChI=1S/C17H26FNO/c1-11(12-7-8-14(20-6)13(18)9-12)19-10-15-16(2,3)17(15,4)5/h7-9,11,15,19H,10H2,1-6H3. The summed E-state index contributed by atoms with van der Waals surface area (Å²) in [5.74, 6) is 0.664. The molecule has 1 N–H and O–H groups in total. The fourth-order valence-electron chi connectivity index (χ4n) is 3.21. The van der Waals surface area contributed by atoms with E-state index in [-0.39, 0.29) is 11.9 Å². The maximum Gasteiger partial charge on any atom is 0.165 e. The second kappa shape index (κ2) is 5.03. The number of nitrogens with one attached hydrogen (secondary N) is 1. The SMILES string of the molecule is COc1ccc(C(C)NCC2C(C)(C)C2(C)C)cc1F. The van der Waals surface area contributed by atoms with E-state index < -0.39 is 0 Å². The predicted molar refractivity (Wildman–Crippen MR) is 80.4 cm³/mol. The van der Waals surface area contributed by atoms with Crippen molar-refractivity contribution in [2.75, 3.05) is 13.7 Å². The maximum absolute atomic E-state index is 13.7. The Morgan fingerprint density at radius 1 is 1.25 bits per heavy atom. The Bertz CT molecular complexity index is 482. The molecule has 1 aliphatic rings. The van der Waals surface area contributed by atoms with Gasteiger partial charge in [-0.3, -0.25) is 0 Å². The molecule has 1 fully saturated rings. The van der Waals surface area contributed by atoms with E-state index in [1.54, 1.807) is 12.1 Å². The highest BCUT2D eigenvalue weighted by Gasteiger charge is 2.63. The molecule has 1 aliphatic carbocycles. The normalized spacial score (nSPS) is 21.6. The zero-order valence-electron chi connectivity index (χ0n) is 13.4. The van der Waals surface area contributed by atoms with Crippen LogP contribution in [0.3, 0.4) is 0 Å². The number of ether oxygens (including phenoxy) is 1. The second-order valence-electron chi connectivity index (χ2n) is 7.02. The molecule has 1 atom stereocenters. The van der Waals surface area contributed by atoms with Crippen molar-refractivity contribution in [2.24, 2.45) is 16.7 Å². The van der Waals surface area contributed by atoms with Gasteiger partial charge in [-0.2, -0.15) is 0 Å². The number of rotatable bonds is 5. The third-order valence-electron chi connectivity index (χ3n) is 5.62. The summed E-state index contributed by atoms with van der Waals surface area (Å²) >= 11 is 0. The first-order chi connectivity index (χ1) is 9.21. The molecule has 2 nitrogen and oxygen atoms in total. The van der Waals surface area contributed by atoms with Crippen molar-refractivity contribution in [3.05, 3.63) is 29.6 Å². The number of methoxy groups -OCH3 is 1. The molecule has 1 saturated carbocycles. The molecule has 2 rings (SSSR count). The van der Waals surface area contributed by atoms with Crippen molar-refractivity contribution < 1.29 is 9.13 Å². The van der Waals surface area contributed by atoms with Crippen LogP contribution in [0.1, 0.15) is 46.2 Å². The topological polar surface area (TPSA) is 21.3 Å². The van der Waals surface area contributed by atoms with Crippen molar-refractivity contribution >= 4 is 0 Å². The van der Waals surface area contributed by atoms with Crippen molar-refractivity contribution in [2.45, 2.75) is 40.7 Å². The Morgan fingerprint density at radius 2 is 1.85 bits per heavy atom. The summed E-state index contributed by atoms with van der Waals surface area (Å²) in [6.45, 7) is 12.3. The van der Waals surface area contributed by atoms with Crippen LogP contribution in [0, 0.1) is 22.6 Å².